The lowest BCUT2D eigenvalue weighted by molar-refractivity contribution is 0.116. The fourth-order valence-corrected chi connectivity index (χ4v) is 4.64. The molecule has 0 unspecified atom stereocenters. The second-order valence-corrected chi connectivity index (χ2v) is 9.01. The topological polar surface area (TPSA) is 79.2 Å². The summed E-state index contributed by atoms with van der Waals surface area (Å²) in [5.74, 6) is 0.173. The summed E-state index contributed by atoms with van der Waals surface area (Å²) >= 11 is 0. The van der Waals surface area contributed by atoms with E-state index in [0.717, 1.165) is 30.2 Å². The van der Waals surface area contributed by atoms with Crippen LogP contribution >= 0.6 is 0 Å². The minimum Gasteiger partial charge on any atom is -0.481 e. The molecule has 1 aliphatic carbocycles. The van der Waals surface area contributed by atoms with E-state index < -0.39 is 15.6 Å². The smallest absolute Gasteiger partial charge is 0.229 e. The van der Waals surface area contributed by atoms with Crippen LogP contribution in [0.15, 0.2) is 48.0 Å². The molecule has 0 bridgehead atoms. The summed E-state index contributed by atoms with van der Waals surface area (Å²) in [6.45, 7) is 0. The number of nitriles is 1. The van der Waals surface area contributed by atoms with Gasteiger partial charge in [-0.15, -0.1) is 0 Å². The van der Waals surface area contributed by atoms with Crippen molar-refractivity contribution in [3.8, 4) is 11.8 Å². The highest BCUT2D eigenvalue weighted by Gasteiger charge is 2.45. The summed E-state index contributed by atoms with van der Waals surface area (Å²) in [5, 5.41) is 9.98. The summed E-state index contributed by atoms with van der Waals surface area (Å²) in [6.07, 6.45) is 4.40. The summed E-state index contributed by atoms with van der Waals surface area (Å²) in [7, 11) is -3.43. The minimum atomic E-state index is -3.43. The van der Waals surface area contributed by atoms with Gasteiger partial charge in [0, 0.05) is 17.2 Å². The van der Waals surface area contributed by atoms with Gasteiger partial charge in [0.1, 0.15) is 17.2 Å². The number of nitrogens with zero attached hydrogens (tertiary/aromatic N) is 1. The Morgan fingerprint density at radius 1 is 1.14 bits per heavy atom. The zero-order chi connectivity index (χ0) is 19.9. The predicted octanol–water partition coefficient (Wildman–Crippen LogP) is 4.23. The Morgan fingerprint density at radius 3 is 2.43 bits per heavy atom. The monoisotopic (exact) mass is 398 g/mol. The fraction of sp³-hybridized carbons (Fsp3) is 0.286. The lowest BCUT2D eigenvalue weighted by atomic mass is 9.80. The van der Waals surface area contributed by atoms with Crippen LogP contribution in [-0.2, 0) is 10.0 Å². The van der Waals surface area contributed by atoms with Crippen LogP contribution < -0.4 is 9.46 Å². The number of fused-ring (bicyclic) bond motifs is 1. The van der Waals surface area contributed by atoms with E-state index >= 15 is 0 Å². The first-order valence-electron chi connectivity index (χ1n) is 9.03. The molecule has 1 spiro atoms. The number of rotatable bonds is 3. The van der Waals surface area contributed by atoms with Gasteiger partial charge in [0.15, 0.2) is 0 Å². The van der Waals surface area contributed by atoms with E-state index in [-0.39, 0.29) is 5.82 Å². The molecule has 0 saturated heterocycles. The molecule has 4 rings (SSSR count). The maximum Gasteiger partial charge on any atom is 0.229 e. The highest BCUT2D eigenvalue weighted by Crippen LogP contribution is 2.50. The highest BCUT2D eigenvalue weighted by molar-refractivity contribution is 7.92. The largest absolute Gasteiger partial charge is 0.481 e. The Bertz CT molecular complexity index is 1110. The number of ether oxygens (including phenoxy) is 1. The number of nitrogens with one attached hydrogen (secondary N) is 1. The van der Waals surface area contributed by atoms with E-state index in [2.05, 4.69) is 10.8 Å². The van der Waals surface area contributed by atoms with Gasteiger partial charge in [0.25, 0.3) is 0 Å². The second-order valence-electron chi connectivity index (χ2n) is 7.26. The minimum absolute atomic E-state index is 0.349. The van der Waals surface area contributed by atoms with Gasteiger partial charge >= 0.3 is 0 Å². The second kappa shape index (κ2) is 6.64. The normalized spacial score (nSPS) is 17.8. The Morgan fingerprint density at radius 2 is 1.82 bits per heavy atom. The van der Waals surface area contributed by atoms with Crippen LogP contribution in [0.25, 0.3) is 5.57 Å². The first-order valence-corrected chi connectivity index (χ1v) is 10.9. The molecule has 1 saturated carbocycles. The summed E-state index contributed by atoms with van der Waals surface area (Å²) in [5.41, 5.74) is 2.37. The standard InChI is InChI=1S/C21H19FN2O3S/c1-28(25,26)24-16-8-9-17-19(12-16)27-21(10-2-3-11-21)18(13-23)20(17)14-4-6-15(22)7-5-14/h4-9,12,24H,2-3,10-11H2,1H3. The Hall–Kier alpha value is -2.85. The Labute approximate surface area is 163 Å². The van der Waals surface area contributed by atoms with Crippen molar-refractivity contribution >= 4 is 21.3 Å². The third kappa shape index (κ3) is 3.25. The quantitative estimate of drug-likeness (QED) is 0.839. The molecule has 2 aromatic carbocycles. The van der Waals surface area contributed by atoms with Crippen LogP contribution in [0.2, 0.25) is 0 Å². The van der Waals surface area contributed by atoms with Gasteiger partial charge in [-0.2, -0.15) is 5.26 Å². The van der Waals surface area contributed by atoms with E-state index in [1.807, 2.05) is 0 Å². The Balaban J connectivity index is 1.93. The molecule has 144 valence electrons. The molecule has 7 heteroatoms. The molecular weight excluding hydrogens is 379 g/mol. The van der Waals surface area contributed by atoms with Gasteiger partial charge < -0.3 is 4.74 Å². The molecule has 0 atom stereocenters. The van der Waals surface area contributed by atoms with Gasteiger partial charge in [-0.1, -0.05) is 12.1 Å². The van der Waals surface area contributed by atoms with Crippen LogP contribution in [0, 0.1) is 17.1 Å². The third-order valence-electron chi connectivity index (χ3n) is 5.22. The van der Waals surface area contributed by atoms with Crippen molar-refractivity contribution in [2.24, 2.45) is 0 Å². The van der Waals surface area contributed by atoms with Crippen LogP contribution in [0.4, 0.5) is 10.1 Å². The van der Waals surface area contributed by atoms with E-state index in [1.165, 1.54) is 12.1 Å². The lowest BCUT2D eigenvalue weighted by Crippen LogP contribution is -2.38. The first-order chi connectivity index (χ1) is 13.3. The SMILES string of the molecule is CS(=O)(=O)Nc1ccc2c(c1)OC1(CCCC1)C(C#N)=C2c1ccc(F)cc1. The van der Waals surface area contributed by atoms with Crippen LogP contribution in [0.1, 0.15) is 36.8 Å². The molecule has 5 nitrogen and oxygen atoms in total. The van der Waals surface area contributed by atoms with Gasteiger partial charge in [0.2, 0.25) is 10.0 Å². The highest BCUT2D eigenvalue weighted by atomic mass is 32.2. The number of anilines is 1. The third-order valence-corrected chi connectivity index (χ3v) is 5.83. The molecule has 28 heavy (non-hydrogen) atoms. The van der Waals surface area contributed by atoms with Crippen molar-refractivity contribution in [2.45, 2.75) is 31.3 Å². The molecule has 2 aliphatic rings. The van der Waals surface area contributed by atoms with E-state index in [0.29, 0.717) is 35.4 Å². The molecule has 2 aromatic rings. The van der Waals surface area contributed by atoms with Crippen molar-refractivity contribution in [3.05, 3.63) is 65.0 Å². The first kappa shape index (κ1) is 18.5. The van der Waals surface area contributed by atoms with E-state index in [1.54, 1.807) is 30.3 Å². The van der Waals surface area contributed by atoms with Crippen molar-refractivity contribution in [2.75, 3.05) is 11.0 Å². The van der Waals surface area contributed by atoms with Gasteiger partial charge in [0.05, 0.1) is 23.6 Å². The van der Waals surface area contributed by atoms with E-state index in [9.17, 15) is 18.1 Å². The average molecular weight is 398 g/mol. The molecular formula is C21H19FN2O3S. The Kier molecular flexibility index (Phi) is 4.39. The zero-order valence-corrected chi connectivity index (χ0v) is 16.1. The summed E-state index contributed by atoms with van der Waals surface area (Å²) in [4.78, 5) is 0. The molecule has 1 fully saturated rings. The van der Waals surface area contributed by atoms with Gasteiger partial charge in [-0.25, -0.2) is 12.8 Å². The van der Waals surface area contributed by atoms with E-state index in [4.69, 9.17) is 4.74 Å². The molecule has 0 amide bonds. The molecule has 0 radical (unpaired) electrons. The summed E-state index contributed by atoms with van der Waals surface area (Å²) < 4.78 is 45.4. The lowest BCUT2D eigenvalue weighted by Gasteiger charge is -2.37. The van der Waals surface area contributed by atoms with Gasteiger partial charge in [-0.05, 0) is 55.5 Å². The number of halogens is 1. The predicted molar refractivity (Wildman–Crippen MR) is 105 cm³/mol. The number of benzene rings is 2. The maximum atomic E-state index is 13.5. The van der Waals surface area contributed by atoms with Crippen molar-refractivity contribution in [1.82, 2.24) is 0 Å². The van der Waals surface area contributed by atoms with Crippen molar-refractivity contribution in [3.63, 3.8) is 0 Å². The molecule has 1 N–H and O–H groups in total. The van der Waals surface area contributed by atoms with Gasteiger partial charge in [-0.3, -0.25) is 4.72 Å². The average Bonchev–Trinajstić information content (AvgIpc) is 3.08. The number of sulfonamides is 1. The van der Waals surface area contributed by atoms with Crippen molar-refractivity contribution in [1.29, 1.82) is 5.26 Å². The zero-order valence-electron chi connectivity index (χ0n) is 15.3. The summed E-state index contributed by atoms with van der Waals surface area (Å²) in [6, 6.07) is 13.4. The van der Waals surface area contributed by atoms with Crippen molar-refractivity contribution < 1.29 is 17.5 Å². The maximum absolute atomic E-state index is 13.5. The molecule has 1 aliphatic heterocycles. The van der Waals surface area contributed by atoms with Crippen LogP contribution in [0.5, 0.6) is 5.75 Å². The number of hydrogen-bond donors (Lipinski definition) is 1. The van der Waals surface area contributed by atoms with Crippen LogP contribution in [-0.4, -0.2) is 20.3 Å². The molecule has 1 heterocycles. The van der Waals surface area contributed by atoms with Crippen LogP contribution in [0.3, 0.4) is 0 Å². The number of hydrogen-bond acceptors (Lipinski definition) is 4. The fourth-order valence-electron chi connectivity index (χ4n) is 4.09. The molecule has 0 aromatic heterocycles.